The molecule has 2 rings (SSSR count). The molecule has 2 aromatic rings. The lowest BCUT2D eigenvalue weighted by atomic mass is 10.1. The van der Waals surface area contributed by atoms with E-state index in [4.69, 9.17) is 0 Å². The van der Waals surface area contributed by atoms with Crippen molar-refractivity contribution in [1.29, 1.82) is 0 Å². The molecule has 2 N–H and O–H groups in total. The van der Waals surface area contributed by atoms with Crippen molar-refractivity contribution in [3.63, 3.8) is 0 Å². The molecule has 0 atom stereocenters. The first kappa shape index (κ1) is 15.2. The van der Waals surface area contributed by atoms with Crippen LogP contribution in [-0.4, -0.2) is 42.5 Å². The van der Waals surface area contributed by atoms with Crippen LogP contribution in [0.15, 0.2) is 30.3 Å². The monoisotopic (exact) mass is 308 g/mol. The number of hydrogen-bond acceptors (Lipinski definition) is 5. The van der Waals surface area contributed by atoms with Crippen molar-refractivity contribution in [3.8, 4) is 0 Å². The van der Waals surface area contributed by atoms with Gasteiger partial charge < -0.3 is 10.4 Å². The first-order chi connectivity index (χ1) is 9.93. The Morgan fingerprint density at radius 3 is 2.71 bits per heavy atom. The lowest BCUT2D eigenvalue weighted by Crippen LogP contribution is -2.18. The third-order valence-corrected chi connectivity index (χ3v) is 4.81. The Bertz CT molecular complexity index is 772. The average Bonchev–Trinajstić information content (AvgIpc) is 2.46. The van der Waals surface area contributed by atoms with Gasteiger partial charge in [0.05, 0.1) is 16.8 Å². The van der Waals surface area contributed by atoms with Crippen molar-refractivity contribution in [2.75, 3.05) is 23.4 Å². The zero-order valence-electron chi connectivity index (χ0n) is 11.5. The molecule has 112 valence electrons. The number of para-hydroxylation sites is 1. The van der Waals surface area contributed by atoms with Gasteiger partial charge in [-0.25, -0.2) is 18.2 Å². The molecule has 0 saturated heterocycles. The highest BCUT2D eigenvalue weighted by Gasteiger charge is 2.12. The molecule has 0 aliphatic carbocycles. The number of fused-ring (bicyclic) bond motifs is 1. The van der Waals surface area contributed by atoms with Gasteiger partial charge in [0.15, 0.2) is 9.84 Å². The number of rotatable bonds is 6. The van der Waals surface area contributed by atoms with Crippen LogP contribution < -0.4 is 5.32 Å². The van der Waals surface area contributed by atoms with Crippen LogP contribution in [0.4, 0.5) is 5.82 Å². The maximum Gasteiger partial charge on any atom is 0.336 e. The van der Waals surface area contributed by atoms with Gasteiger partial charge >= 0.3 is 5.97 Å². The van der Waals surface area contributed by atoms with Gasteiger partial charge in [-0.3, -0.25) is 0 Å². The van der Waals surface area contributed by atoms with E-state index in [0.717, 1.165) is 0 Å². The standard InChI is InChI=1S/C14H16N2O4S/c1-2-21(19,20)8-7-15-13-9-11(14(17)18)10-5-3-4-6-12(10)16-13/h3-6,9H,2,7-8H2,1H3,(H,15,16)(H,17,18). The van der Waals surface area contributed by atoms with E-state index in [9.17, 15) is 18.3 Å². The lowest BCUT2D eigenvalue weighted by Gasteiger charge is -2.09. The van der Waals surface area contributed by atoms with Crippen LogP contribution in [0.2, 0.25) is 0 Å². The largest absolute Gasteiger partial charge is 0.478 e. The predicted molar refractivity (Wildman–Crippen MR) is 81.5 cm³/mol. The number of benzene rings is 1. The minimum absolute atomic E-state index is 0.0135. The summed E-state index contributed by atoms with van der Waals surface area (Å²) in [6, 6.07) is 8.35. The van der Waals surface area contributed by atoms with Crippen molar-refractivity contribution in [3.05, 3.63) is 35.9 Å². The van der Waals surface area contributed by atoms with Crippen molar-refractivity contribution in [2.24, 2.45) is 0 Å². The van der Waals surface area contributed by atoms with E-state index in [1.807, 2.05) is 0 Å². The number of carboxylic acids is 1. The average molecular weight is 308 g/mol. The fraction of sp³-hybridized carbons (Fsp3) is 0.286. The molecule has 1 aromatic carbocycles. The summed E-state index contributed by atoms with van der Waals surface area (Å²) in [4.78, 5) is 15.6. The van der Waals surface area contributed by atoms with Crippen molar-refractivity contribution in [1.82, 2.24) is 4.98 Å². The number of hydrogen-bond donors (Lipinski definition) is 2. The van der Waals surface area contributed by atoms with Gasteiger partial charge in [-0.1, -0.05) is 25.1 Å². The maximum atomic E-state index is 11.4. The number of aromatic nitrogens is 1. The van der Waals surface area contributed by atoms with E-state index in [1.54, 1.807) is 31.2 Å². The molecular weight excluding hydrogens is 292 g/mol. The fourth-order valence-corrected chi connectivity index (χ4v) is 2.62. The fourth-order valence-electron chi connectivity index (χ4n) is 1.92. The first-order valence-electron chi connectivity index (χ1n) is 6.50. The highest BCUT2D eigenvalue weighted by atomic mass is 32.2. The molecule has 1 heterocycles. The van der Waals surface area contributed by atoms with E-state index in [-0.39, 0.29) is 23.6 Å². The van der Waals surface area contributed by atoms with Crippen LogP contribution in [0.3, 0.4) is 0 Å². The number of carboxylic acid groups (broad SMARTS) is 1. The number of anilines is 1. The van der Waals surface area contributed by atoms with Crippen molar-refractivity contribution >= 4 is 32.5 Å². The predicted octanol–water partition coefficient (Wildman–Crippen LogP) is 1.78. The molecule has 0 radical (unpaired) electrons. The molecule has 0 unspecified atom stereocenters. The van der Waals surface area contributed by atoms with Crippen LogP contribution in [0.25, 0.3) is 10.9 Å². The van der Waals surface area contributed by atoms with E-state index in [0.29, 0.717) is 16.7 Å². The third-order valence-electron chi connectivity index (χ3n) is 3.11. The summed E-state index contributed by atoms with van der Waals surface area (Å²) in [6.07, 6.45) is 0. The molecule has 0 saturated carbocycles. The Morgan fingerprint density at radius 2 is 2.05 bits per heavy atom. The highest BCUT2D eigenvalue weighted by Crippen LogP contribution is 2.20. The zero-order valence-corrected chi connectivity index (χ0v) is 12.4. The summed E-state index contributed by atoms with van der Waals surface area (Å²) in [5, 5.41) is 12.7. The molecule has 21 heavy (non-hydrogen) atoms. The molecule has 6 nitrogen and oxygen atoms in total. The molecule has 7 heteroatoms. The quantitative estimate of drug-likeness (QED) is 0.844. The Kier molecular flexibility index (Phi) is 4.42. The minimum atomic E-state index is -3.07. The second-order valence-electron chi connectivity index (χ2n) is 4.54. The second kappa shape index (κ2) is 6.09. The van der Waals surface area contributed by atoms with Gasteiger partial charge in [-0.05, 0) is 12.1 Å². The van der Waals surface area contributed by atoms with E-state index in [2.05, 4.69) is 10.3 Å². The van der Waals surface area contributed by atoms with E-state index in [1.165, 1.54) is 6.07 Å². The molecular formula is C14H16N2O4S. The van der Waals surface area contributed by atoms with Crippen LogP contribution in [-0.2, 0) is 9.84 Å². The number of sulfone groups is 1. The number of pyridine rings is 1. The molecule has 0 amide bonds. The maximum absolute atomic E-state index is 11.4. The van der Waals surface area contributed by atoms with Gasteiger partial charge in [-0.15, -0.1) is 0 Å². The number of carbonyl (C=O) groups is 1. The number of nitrogens with one attached hydrogen (secondary N) is 1. The Morgan fingerprint density at radius 1 is 1.33 bits per heavy atom. The SMILES string of the molecule is CCS(=O)(=O)CCNc1cc(C(=O)O)c2ccccc2n1. The first-order valence-corrected chi connectivity index (χ1v) is 8.32. The summed E-state index contributed by atoms with van der Waals surface area (Å²) in [6.45, 7) is 1.78. The molecule has 1 aromatic heterocycles. The van der Waals surface area contributed by atoms with Crippen molar-refractivity contribution < 1.29 is 18.3 Å². The Balaban J connectivity index is 2.27. The second-order valence-corrected chi connectivity index (χ2v) is 7.01. The smallest absolute Gasteiger partial charge is 0.336 e. The van der Waals surface area contributed by atoms with Crippen LogP contribution >= 0.6 is 0 Å². The minimum Gasteiger partial charge on any atom is -0.478 e. The van der Waals surface area contributed by atoms with Crippen LogP contribution in [0.1, 0.15) is 17.3 Å². The molecule has 0 aliphatic heterocycles. The number of aromatic carboxylic acids is 1. The normalized spacial score (nSPS) is 11.5. The molecule has 0 aliphatic rings. The van der Waals surface area contributed by atoms with Gasteiger partial charge in [-0.2, -0.15) is 0 Å². The summed E-state index contributed by atoms with van der Waals surface area (Å²) in [5.41, 5.74) is 0.694. The third kappa shape index (κ3) is 3.69. The number of nitrogens with zero attached hydrogens (tertiary/aromatic N) is 1. The molecule has 0 bridgehead atoms. The summed E-state index contributed by atoms with van der Waals surface area (Å²) in [5.74, 6) is -0.615. The van der Waals surface area contributed by atoms with Gasteiger partial charge in [0.1, 0.15) is 5.82 Å². The summed E-state index contributed by atoms with van der Waals surface area (Å²) < 4.78 is 22.8. The van der Waals surface area contributed by atoms with Crippen molar-refractivity contribution in [2.45, 2.75) is 6.92 Å². The Hall–Kier alpha value is -2.15. The van der Waals surface area contributed by atoms with Gasteiger partial charge in [0.25, 0.3) is 0 Å². The molecule has 0 spiro atoms. The van der Waals surface area contributed by atoms with E-state index >= 15 is 0 Å². The topological polar surface area (TPSA) is 96.4 Å². The Labute approximate surface area is 122 Å². The van der Waals surface area contributed by atoms with Gasteiger partial charge in [0.2, 0.25) is 0 Å². The zero-order chi connectivity index (χ0) is 15.5. The summed E-state index contributed by atoms with van der Waals surface area (Å²) >= 11 is 0. The van der Waals surface area contributed by atoms with Crippen LogP contribution in [0.5, 0.6) is 0 Å². The highest BCUT2D eigenvalue weighted by molar-refractivity contribution is 7.91. The van der Waals surface area contributed by atoms with Gasteiger partial charge in [0, 0.05) is 17.7 Å². The summed E-state index contributed by atoms with van der Waals surface area (Å²) in [7, 11) is -3.07. The lowest BCUT2D eigenvalue weighted by molar-refractivity contribution is 0.0699. The van der Waals surface area contributed by atoms with Crippen LogP contribution in [0, 0.1) is 0 Å². The van der Waals surface area contributed by atoms with E-state index < -0.39 is 15.8 Å². The molecule has 0 fully saturated rings.